The van der Waals surface area contributed by atoms with Crippen molar-refractivity contribution < 1.29 is 4.79 Å². The second kappa shape index (κ2) is 8.93. The van der Waals surface area contributed by atoms with Crippen molar-refractivity contribution in [3.8, 4) is 0 Å². The minimum absolute atomic E-state index is 0.0605. The number of hydrogen-bond donors (Lipinski definition) is 1. The van der Waals surface area contributed by atoms with E-state index in [2.05, 4.69) is 10.3 Å². The quantitative estimate of drug-likeness (QED) is 0.488. The third-order valence-corrected chi connectivity index (χ3v) is 5.25. The van der Waals surface area contributed by atoms with E-state index >= 15 is 0 Å². The van der Waals surface area contributed by atoms with Crippen molar-refractivity contribution in [2.45, 2.75) is 25.0 Å². The van der Waals surface area contributed by atoms with Crippen LogP contribution in [-0.2, 0) is 11.3 Å². The second-order valence-corrected chi connectivity index (χ2v) is 7.59. The Kier molecular flexibility index (Phi) is 6.36. The summed E-state index contributed by atoms with van der Waals surface area (Å²) in [5, 5.41) is 4.06. The molecule has 7 heteroatoms. The number of para-hydroxylation sites is 1. The summed E-state index contributed by atoms with van der Waals surface area (Å²) in [6.45, 7) is 2.59. The molecule has 28 heavy (non-hydrogen) atoms. The molecule has 0 spiro atoms. The van der Waals surface area contributed by atoms with E-state index < -0.39 is 0 Å². The number of anilines is 2. The van der Waals surface area contributed by atoms with Crippen molar-refractivity contribution in [1.29, 1.82) is 0 Å². The van der Waals surface area contributed by atoms with Crippen molar-refractivity contribution >= 4 is 39.9 Å². The fourth-order valence-electron chi connectivity index (χ4n) is 2.85. The number of carbonyl (C=O) groups excluding carboxylic acids is 1. The predicted octanol–water partition coefficient (Wildman–Crippen LogP) is 3.60. The van der Waals surface area contributed by atoms with Crippen LogP contribution < -0.4 is 15.8 Å². The van der Waals surface area contributed by atoms with Crippen LogP contribution in [0, 0.1) is 0 Å². The highest BCUT2D eigenvalue weighted by Crippen LogP contribution is 2.20. The zero-order valence-corrected chi connectivity index (χ0v) is 17.1. The van der Waals surface area contributed by atoms with Gasteiger partial charge in [0.2, 0.25) is 5.91 Å². The van der Waals surface area contributed by atoms with Gasteiger partial charge in [-0.3, -0.25) is 14.2 Å². The minimum atomic E-state index is -0.131. The number of aromatic nitrogens is 2. The standard InChI is InChI=1S/C21H24N4O2S/c1-4-13-25-20(27)17-7-5-6-8-18(17)23-21(25)28-14-19(26)22-15-9-11-16(12-10-15)24(2)3/h5-12H,4,13-14H2,1-3H3,(H,22,26). The van der Waals surface area contributed by atoms with Crippen molar-refractivity contribution in [2.24, 2.45) is 0 Å². The van der Waals surface area contributed by atoms with Crippen LogP contribution >= 0.6 is 11.8 Å². The van der Waals surface area contributed by atoms with Crippen LogP contribution in [0.5, 0.6) is 0 Å². The fraction of sp³-hybridized carbons (Fsp3) is 0.286. The van der Waals surface area contributed by atoms with Crippen LogP contribution in [0.2, 0.25) is 0 Å². The predicted molar refractivity (Wildman–Crippen MR) is 116 cm³/mol. The number of fused-ring (bicyclic) bond motifs is 1. The van der Waals surface area contributed by atoms with Gasteiger partial charge in [0.15, 0.2) is 5.16 Å². The largest absolute Gasteiger partial charge is 0.378 e. The summed E-state index contributed by atoms with van der Waals surface area (Å²) in [5.41, 5.74) is 2.40. The molecule has 2 aromatic carbocycles. The van der Waals surface area contributed by atoms with E-state index in [0.717, 1.165) is 17.8 Å². The summed E-state index contributed by atoms with van der Waals surface area (Å²) in [6, 6.07) is 15.0. The molecule has 0 aliphatic heterocycles. The molecule has 1 heterocycles. The monoisotopic (exact) mass is 396 g/mol. The molecule has 0 unspecified atom stereocenters. The molecule has 0 bridgehead atoms. The Morgan fingerprint density at radius 2 is 1.86 bits per heavy atom. The molecule has 0 atom stereocenters. The summed E-state index contributed by atoms with van der Waals surface area (Å²) in [7, 11) is 3.94. The smallest absolute Gasteiger partial charge is 0.262 e. The van der Waals surface area contributed by atoms with Crippen LogP contribution in [0.4, 0.5) is 11.4 Å². The van der Waals surface area contributed by atoms with Gasteiger partial charge in [0.05, 0.1) is 16.7 Å². The zero-order chi connectivity index (χ0) is 20.1. The molecular formula is C21H24N4O2S. The molecule has 3 rings (SSSR count). The van der Waals surface area contributed by atoms with E-state index in [9.17, 15) is 9.59 Å². The van der Waals surface area contributed by atoms with Crippen LogP contribution in [0.3, 0.4) is 0 Å². The molecular weight excluding hydrogens is 372 g/mol. The van der Waals surface area contributed by atoms with Gasteiger partial charge in [-0.2, -0.15) is 0 Å². The molecule has 0 aliphatic carbocycles. The van der Waals surface area contributed by atoms with Crippen LogP contribution in [0.1, 0.15) is 13.3 Å². The Labute approximate surface area is 168 Å². The van der Waals surface area contributed by atoms with Gasteiger partial charge in [-0.05, 0) is 42.8 Å². The maximum Gasteiger partial charge on any atom is 0.262 e. The topological polar surface area (TPSA) is 67.2 Å². The average molecular weight is 397 g/mol. The van der Waals surface area contributed by atoms with E-state index in [1.54, 1.807) is 10.6 Å². The normalized spacial score (nSPS) is 10.8. The molecule has 146 valence electrons. The second-order valence-electron chi connectivity index (χ2n) is 6.65. The first-order valence-electron chi connectivity index (χ1n) is 9.19. The SMILES string of the molecule is CCCn1c(SCC(=O)Nc2ccc(N(C)C)cc2)nc2ccccc2c1=O. The first-order chi connectivity index (χ1) is 13.5. The van der Waals surface area contributed by atoms with Gasteiger partial charge < -0.3 is 10.2 Å². The van der Waals surface area contributed by atoms with Crippen molar-refractivity contribution in [2.75, 3.05) is 30.1 Å². The summed E-state index contributed by atoms with van der Waals surface area (Å²) >= 11 is 1.28. The highest BCUT2D eigenvalue weighted by atomic mass is 32.2. The molecule has 0 radical (unpaired) electrons. The Hall–Kier alpha value is -2.80. The lowest BCUT2D eigenvalue weighted by Gasteiger charge is -2.13. The molecule has 1 aromatic heterocycles. The van der Waals surface area contributed by atoms with E-state index in [1.165, 1.54) is 11.8 Å². The maximum atomic E-state index is 12.8. The van der Waals surface area contributed by atoms with Gasteiger partial charge in [-0.15, -0.1) is 0 Å². The first kappa shape index (κ1) is 19.9. The van der Waals surface area contributed by atoms with Crippen LogP contribution in [-0.4, -0.2) is 35.3 Å². The molecule has 0 fully saturated rings. The number of hydrogen-bond acceptors (Lipinski definition) is 5. The summed E-state index contributed by atoms with van der Waals surface area (Å²) < 4.78 is 1.66. The number of thioether (sulfide) groups is 1. The van der Waals surface area contributed by atoms with Gasteiger partial charge in [0.25, 0.3) is 5.56 Å². The fourth-order valence-corrected chi connectivity index (χ4v) is 3.67. The number of amides is 1. The van der Waals surface area contributed by atoms with Crippen molar-refractivity contribution in [3.63, 3.8) is 0 Å². The summed E-state index contributed by atoms with van der Waals surface area (Å²) in [6.07, 6.45) is 0.817. The summed E-state index contributed by atoms with van der Waals surface area (Å²) in [4.78, 5) is 31.7. The Morgan fingerprint density at radius 1 is 1.14 bits per heavy atom. The number of benzene rings is 2. The van der Waals surface area contributed by atoms with Crippen LogP contribution in [0.25, 0.3) is 10.9 Å². The van der Waals surface area contributed by atoms with Gasteiger partial charge in [-0.1, -0.05) is 30.8 Å². The molecule has 6 nitrogen and oxygen atoms in total. The van der Waals surface area contributed by atoms with Gasteiger partial charge in [-0.25, -0.2) is 4.98 Å². The van der Waals surface area contributed by atoms with E-state index in [1.807, 2.05) is 68.4 Å². The zero-order valence-electron chi connectivity index (χ0n) is 16.3. The molecule has 0 aliphatic rings. The number of nitrogens with zero attached hydrogens (tertiary/aromatic N) is 3. The van der Waals surface area contributed by atoms with Gasteiger partial charge in [0, 0.05) is 32.0 Å². The Morgan fingerprint density at radius 3 is 2.54 bits per heavy atom. The Balaban J connectivity index is 1.74. The van der Waals surface area contributed by atoms with E-state index in [4.69, 9.17) is 0 Å². The lowest BCUT2D eigenvalue weighted by Crippen LogP contribution is -2.24. The third-order valence-electron chi connectivity index (χ3n) is 4.27. The lowest BCUT2D eigenvalue weighted by atomic mass is 10.2. The number of carbonyl (C=O) groups is 1. The molecule has 1 N–H and O–H groups in total. The van der Waals surface area contributed by atoms with E-state index in [-0.39, 0.29) is 17.2 Å². The van der Waals surface area contributed by atoms with E-state index in [0.29, 0.717) is 22.6 Å². The van der Waals surface area contributed by atoms with Gasteiger partial charge >= 0.3 is 0 Å². The molecule has 0 saturated heterocycles. The molecule has 3 aromatic rings. The highest BCUT2D eigenvalue weighted by Gasteiger charge is 2.13. The van der Waals surface area contributed by atoms with Crippen molar-refractivity contribution in [3.05, 3.63) is 58.9 Å². The third kappa shape index (κ3) is 4.54. The summed E-state index contributed by atoms with van der Waals surface area (Å²) in [5.74, 6) is 0.0530. The number of rotatable bonds is 7. The lowest BCUT2D eigenvalue weighted by molar-refractivity contribution is -0.113. The van der Waals surface area contributed by atoms with Gasteiger partial charge in [0.1, 0.15) is 0 Å². The number of nitrogens with one attached hydrogen (secondary N) is 1. The Bertz CT molecular complexity index is 1030. The minimum Gasteiger partial charge on any atom is -0.378 e. The maximum absolute atomic E-state index is 12.8. The first-order valence-corrected chi connectivity index (χ1v) is 10.2. The van der Waals surface area contributed by atoms with Crippen LogP contribution in [0.15, 0.2) is 58.5 Å². The molecule has 0 saturated carbocycles. The van der Waals surface area contributed by atoms with Crippen molar-refractivity contribution in [1.82, 2.24) is 9.55 Å². The highest BCUT2D eigenvalue weighted by molar-refractivity contribution is 7.99. The average Bonchev–Trinajstić information content (AvgIpc) is 2.69. The molecule has 1 amide bonds.